The van der Waals surface area contributed by atoms with E-state index in [9.17, 15) is 9.59 Å². The lowest BCUT2D eigenvalue weighted by Gasteiger charge is -2.33. The number of amides is 2. The number of aromatic nitrogens is 2. The van der Waals surface area contributed by atoms with Crippen LogP contribution in [-0.4, -0.2) is 70.6 Å². The summed E-state index contributed by atoms with van der Waals surface area (Å²) in [4.78, 5) is 28.8. The molecule has 0 atom stereocenters. The van der Waals surface area contributed by atoms with Gasteiger partial charge in [0.1, 0.15) is 5.01 Å². The number of nitrogens with zero attached hydrogens (tertiary/aromatic N) is 4. The van der Waals surface area contributed by atoms with Crippen molar-refractivity contribution >= 4 is 28.8 Å². The van der Waals surface area contributed by atoms with Crippen LogP contribution in [0.15, 0.2) is 24.3 Å². The van der Waals surface area contributed by atoms with Crippen LogP contribution in [0, 0.1) is 6.92 Å². The molecular weight excluding hydrogens is 388 g/mol. The lowest BCUT2D eigenvalue weighted by atomic mass is 10.2. The minimum absolute atomic E-state index is 0.134. The molecular formula is C20H26N6O2S. The Kier molecular flexibility index (Phi) is 6.17. The Morgan fingerprint density at radius 3 is 2.45 bits per heavy atom. The maximum absolute atomic E-state index is 12.4. The molecule has 1 saturated carbocycles. The van der Waals surface area contributed by atoms with Crippen LogP contribution in [-0.2, 0) is 11.3 Å². The molecule has 1 aliphatic carbocycles. The van der Waals surface area contributed by atoms with Crippen molar-refractivity contribution in [3.63, 3.8) is 0 Å². The monoisotopic (exact) mass is 414 g/mol. The van der Waals surface area contributed by atoms with Gasteiger partial charge in [-0.1, -0.05) is 29.0 Å². The summed E-state index contributed by atoms with van der Waals surface area (Å²) in [5.41, 5.74) is 1.89. The van der Waals surface area contributed by atoms with Crippen molar-refractivity contribution in [3.8, 4) is 0 Å². The van der Waals surface area contributed by atoms with Gasteiger partial charge in [-0.05, 0) is 31.9 Å². The number of carbonyl (C=O) groups is 2. The van der Waals surface area contributed by atoms with E-state index in [2.05, 4.69) is 30.6 Å². The van der Waals surface area contributed by atoms with Gasteiger partial charge in [0.2, 0.25) is 10.9 Å². The molecule has 2 fully saturated rings. The summed E-state index contributed by atoms with van der Waals surface area (Å²) < 4.78 is 0. The van der Waals surface area contributed by atoms with Gasteiger partial charge in [0.05, 0.1) is 13.1 Å². The number of hydrogen-bond acceptors (Lipinski definition) is 7. The van der Waals surface area contributed by atoms with Crippen LogP contribution >= 0.6 is 11.3 Å². The van der Waals surface area contributed by atoms with E-state index >= 15 is 0 Å². The average molecular weight is 415 g/mol. The van der Waals surface area contributed by atoms with E-state index in [1.54, 1.807) is 0 Å². The lowest BCUT2D eigenvalue weighted by molar-refractivity contribution is -0.122. The third kappa shape index (κ3) is 5.81. The van der Waals surface area contributed by atoms with Crippen LogP contribution in [0.4, 0.5) is 5.69 Å². The van der Waals surface area contributed by atoms with Crippen molar-refractivity contribution in [2.45, 2.75) is 32.4 Å². The van der Waals surface area contributed by atoms with Crippen LogP contribution in [0.3, 0.4) is 0 Å². The van der Waals surface area contributed by atoms with Crippen molar-refractivity contribution in [2.24, 2.45) is 0 Å². The van der Waals surface area contributed by atoms with Crippen molar-refractivity contribution < 1.29 is 9.59 Å². The molecule has 1 saturated heterocycles. The Morgan fingerprint density at radius 2 is 1.76 bits per heavy atom. The fourth-order valence-electron chi connectivity index (χ4n) is 3.23. The number of aryl methyl sites for hydroxylation is 1. The Morgan fingerprint density at radius 1 is 1.07 bits per heavy atom. The molecule has 2 aliphatic rings. The Bertz CT molecular complexity index is 856. The molecule has 154 valence electrons. The highest BCUT2D eigenvalue weighted by Gasteiger charge is 2.25. The molecule has 0 spiro atoms. The molecule has 2 amide bonds. The first kappa shape index (κ1) is 19.9. The Labute approximate surface area is 174 Å². The molecule has 29 heavy (non-hydrogen) atoms. The zero-order valence-corrected chi connectivity index (χ0v) is 17.4. The number of hydrogen-bond donors (Lipinski definition) is 2. The van der Waals surface area contributed by atoms with Crippen molar-refractivity contribution in [1.82, 2.24) is 25.3 Å². The number of anilines is 1. The van der Waals surface area contributed by atoms with E-state index < -0.39 is 0 Å². The maximum atomic E-state index is 12.4. The Hall–Kier alpha value is -2.36. The zero-order chi connectivity index (χ0) is 20.2. The van der Waals surface area contributed by atoms with Gasteiger partial charge in [0.25, 0.3) is 5.91 Å². The maximum Gasteiger partial charge on any atom is 0.286 e. The second-order valence-electron chi connectivity index (χ2n) is 7.72. The molecule has 2 heterocycles. The van der Waals surface area contributed by atoms with Gasteiger partial charge >= 0.3 is 0 Å². The summed E-state index contributed by atoms with van der Waals surface area (Å²) >= 11 is 1.33. The highest BCUT2D eigenvalue weighted by Crippen LogP contribution is 2.19. The van der Waals surface area contributed by atoms with Gasteiger partial charge in [0.15, 0.2) is 0 Å². The van der Waals surface area contributed by atoms with E-state index in [0.29, 0.717) is 24.1 Å². The third-order valence-corrected chi connectivity index (χ3v) is 6.01. The molecule has 1 aromatic heterocycles. The quantitative estimate of drug-likeness (QED) is 0.714. The van der Waals surface area contributed by atoms with E-state index in [1.165, 1.54) is 11.3 Å². The molecule has 4 rings (SSSR count). The highest BCUT2D eigenvalue weighted by atomic mass is 32.1. The third-order valence-electron chi connectivity index (χ3n) is 5.10. The van der Waals surface area contributed by atoms with Crippen LogP contribution in [0.5, 0.6) is 0 Å². The largest absolute Gasteiger partial charge is 0.352 e. The van der Waals surface area contributed by atoms with E-state index in [1.807, 2.05) is 31.2 Å². The molecule has 8 nitrogen and oxygen atoms in total. The molecule has 9 heteroatoms. The molecule has 0 unspecified atom stereocenters. The van der Waals surface area contributed by atoms with Crippen LogP contribution in [0.25, 0.3) is 0 Å². The first-order valence-corrected chi connectivity index (χ1v) is 10.8. The fraction of sp³-hybridized carbons (Fsp3) is 0.500. The van der Waals surface area contributed by atoms with Crippen LogP contribution in [0.2, 0.25) is 0 Å². The normalized spacial score (nSPS) is 17.8. The summed E-state index contributed by atoms with van der Waals surface area (Å²) in [5, 5.41) is 15.3. The van der Waals surface area contributed by atoms with Crippen LogP contribution in [0.1, 0.15) is 33.2 Å². The van der Waals surface area contributed by atoms with E-state index in [4.69, 9.17) is 0 Å². The molecule has 0 radical (unpaired) electrons. The summed E-state index contributed by atoms with van der Waals surface area (Å²) in [6, 6.07) is 8.07. The number of carbonyl (C=O) groups excluding carboxylic acids is 2. The molecule has 2 aromatic rings. The fourth-order valence-corrected chi connectivity index (χ4v) is 4.01. The second kappa shape index (κ2) is 8.98. The van der Waals surface area contributed by atoms with E-state index in [-0.39, 0.29) is 11.8 Å². The van der Waals surface area contributed by atoms with Gasteiger partial charge in [-0.15, -0.1) is 10.2 Å². The first-order valence-electron chi connectivity index (χ1n) is 9.99. The predicted octanol–water partition coefficient (Wildman–Crippen LogP) is 1.50. The number of piperazine rings is 1. The number of benzene rings is 1. The van der Waals surface area contributed by atoms with Gasteiger partial charge in [-0.3, -0.25) is 19.4 Å². The summed E-state index contributed by atoms with van der Waals surface area (Å²) in [5.74, 6) is -0.0987. The molecule has 0 bridgehead atoms. The minimum Gasteiger partial charge on any atom is -0.352 e. The lowest BCUT2D eigenvalue weighted by Crippen LogP contribution is -2.49. The second-order valence-corrected chi connectivity index (χ2v) is 8.78. The zero-order valence-electron chi connectivity index (χ0n) is 16.6. The van der Waals surface area contributed by atoms with Gasteiger partial charge in [-0.2, -0.15) is 0 Å². The highest BCUT2D eigenvalue weighted by molar-refractivity contribution is 7.13. The molecule has 1 aromatic carbocycles. The van der Waals surface area contributed by atoms with Crippen molar-refractivity contribution in [1.29, 1.82) is 0 Å². The topological polar surface area (TPSA) is 90.5 Å². The van der Waals surface area contributed by atoms with Crippen molar-refractivity contribution in [2.75, 3.05) is 38.0 Å². The first-order chi connectivity index (χ1) is 14.0. The number of rotatable bonds is 7. The predicted molar refractivity (Wildman–Crippen MR) is 112 cm³/mol. The molecule has 2 N–H and O–H groups in total. The Balaban J connectivity index is 1.22. The van der Waals surface area contributed by atoms with Crippen LogP contribution < -0.4 is 10.6 Å². The summed E-state index contributed by atoms with van der Waals surface area (Å²) in [7, 11) is 0. The van der Waals surface area contributed by atoms with Gasteiger partial charge in [-0.25, -0.2) is 0 Å². The van der Waals surface area contributed by atoms with Crippen molar-refractivity contribution in [3.05, 3.63) is 39.8 Å². The minimum atomic E-state index is -0.232. The summed E-state index contributed by atoms with van der Waals surface area (Å²) in [6.45, 7) is 6.63. The summed E-state index contributed by atoms with van der Waals surface area (Å²) in [6.07, 6.45) is 2.23. The molecule has 1 aliphatic heterocycles. The SMILES string of the molecule is Cc1ccc(NC(=O)c2nnc(CN3CCN(CC(=O)NC4CC4)CC3)s2)cc1. The van der Waals surface area contributed by atoms with Gasteiger partial charge < -0.3 is 10.6 Å². The van der Waals surface area contributed by atoms with Gasteiger partial charge in [0, 0.05) is 37.9 Å². The number of nitrogens with one attached hydrogen (secondary N) is 2. The van der Waals surface area contributed by atoms with E-state index in [0.717, 1.165) is 55.3 Å². The standard InChI is InChI=1S/C20H26N6O2S/c1-14-2-4-16(5-3-14)22-19(28)20-24-23-18(29-20)13-26-10-8-25(9-11-26)12-17(27)21-15-6-7-15/h2-5,15H,6-13H2,1H3,(H,21,27)(H,22,28). The average Bonchev–Trinajstić information content (AvgIpc) is 3.39. The smallest absolute Gasteiger partial charge is 0.286 e.